The van der Waals surface area contributed by atoms with Crippen LogP contribution in [0.25, 0.3) is 0 Å². The maximum Gasteiger partial charge on any atom is 0.209 e. The number of fused-ring (bicyclic) bond motifs is 1. The van der Waals surface area contributed by atoms with Crippen LogP contribution in [0.2, 0.25) is 0 Å². The van der Waals surface area contributed by atoms with E-state index in [4.69, 9.17) is 9.47 Å². The van der Waals surface area contributed by atoms with Crippen molar-refractivity contribution in [1.82, 2.24) is 0 Å². The lowest BCUT2D eigenvalue weighted by atomic mass is 9.79. The van der Waals surface area contributed by atoms with Gasteiger partial charge in [0.15, 0.2) is 5.78 Å². The third-order valence-corrected chi connectivity index (χ3v) is 5.76. The summed E-state index contributed by atoms with van der Waals surface area (Å²) in [6, 6.07) is 0. The number of aliphatic hydroxyl groups is 2. The number of ether oxygens (including phenoxy) is 2. The average Bonchev–Trinajstić information content (AvgIpc) is 2.60. The highest BCUT2D eigenvalue weighted by Crippen LogP contribution is 2.42. The molecular formula is C25H34O5. The summed E-state index contributed by atoms with van der Waals surface area (Å²) in [5.74, 6) is -1.08. The summed E-state index contributed by atoms with van der Waals surface area (Å²) in [5.41, 5.74) is 2.97. The second-order valence-corrected chi connectivity index (χ2v) is 9.39. The number of carbonyl (C=O) groups is 1. The number of carbonyl (C=O) groups excluding carboxylic acids is 1. The Balaban J connectivity index is 1.83. The third kappa shape index (κ3) is 5.46. The van der Waals surface area contributed by atoms with Gasteiger partial charge < -0.3 is 19.7 Å². The lowest BCUT2D eigenvalue weighted by molar-refractivity contribution is -0.224. The Kier molecular flexibility index (Phi) is 6.68. The second-order valence-electron chi connectivity index (χ2n) is 9.39. The third-order valence-electron chi connectivity index (χ3n) is 5.76. The van der Waals surface area contributed by atoms with Crippen LogP contribution in [-0.2, 0) is 14.3 Å². The van der Waals surface area contributed by atoms with Gasteiger partial charge in [0.2, 0.25) is 5.79 Å². The highest BCUT2D eigenvalue weighted by Gasteiger charge is 2.45. The van der Waals surface area contributed by atoms with Gasteiger partial charge in [0.25, 0.3) is 0 Å². The molecule has 0 saturated heterocycles. The van der Waals surface area contributed by atoms with Crippen molar-refractivity contribution >= 4 is 5.78 Å². The molecule has 3 aliphatic rings. The SMILES string of the molecule is CC(=CC1CC(C)=CC2(C=C(CO)C3CC(=O)C(C)=CC3O2)O1)CC=CC(C)(C)O. The van der Waals surface area contributed by atoms with Crippen molar-refractivity contribution in [3.05, 3.63) is 58.7 Å². The van der Waals surface area contributed by atoms with Crippen LogP contribution in [-0.4, -0.2) is 46.2 Å². The average molecular weight is 415 g/mol. The fourth-order valence-corrected chi connectivity index (χ4v) is 4.35. The summed E-state index contributed by atoms with van der Waals surface area (Å²) in [7, 11) is 0. The molecule has 5 nitrogen and oxygen atoms in total. The number of hydrogen-bond donors (Lipinski definition) is 2. The minimum absolute atomic E-state index is 0.0991. The first-order chi connectivity index (χ1) is 14.0. The number of allylic oxidation sites excluding steroid dienone is 3. The summed E-state index contributed by atoms with van der Waals surface area (Å²) in [4.78, 5) is 12.1. The first-order valence-corrected chi connectivity index (χ1v) is 10.7. The van der Waals surface area contributed by atoms with E-state index in [1.54, 1.807) is 19.9 Å². The van der Waals surface area contributed by atoms with Crippen molar-refractivity contribution in [3.63, 3.8) is 0 Å². The van der Waals surface area contributed by atoms with Crippen molar-refractivity contribution < 1.29 is 24.5 Å². The molecule has 30 heavy (non-hydrogen) atoms. The molecular weight excluding hydrogens is 380 g/mol. The van der Waals surface area contributed by atoms with Gasteiger partial charge in [-0.05, 0) is 76.8 Å². The second kappa shape index (κ2) is 8.75. The Hall–Kier alpha value is -1.79. The predicted molar refractivity (Wildman–Crippen MR) is 117 cm³/mol. The van der Waals surface area contributed by atoms with Crippen molar-refractivity contribution in [1.29, 1.82) is 0 Å². The molecule has 0 aromatic carbocycles. The first kappa shape index (κ1) is 22.9. The Labute approximate surface area is 179 Å². The molecule has 0 saturated carbocycles. The van der Waals surface area contributed by atoms with E-state index in [9.17, 15) is 15.0 Å². The van der Waals surface area contributed by atoms with Crippen molar-refractivity contribution in [2.75, 3.05) is 6.61 Å². The molecule has 1 aliphatic carbocycles. The monoisotopic (exact) mass is 414 g/mol. The number of hydrogen-bond acceptors (Lipinski definition) is 5. The van der Waals surface area contributed by atoms with Crippen LogP contribution in [0.1, 0.15) is 53.9 Å². The summed E-state index contributed by atoms with van der Waals surface area (Å²) < 4.78 is 12.8. The van der Waals surface area contributed by atoms with Gasteiger partial charge in [0.1, 0.15) is 0 Å². The van der Waals surface area contributed by atoms with E-state index in [-0.39, 0.29) is 30.5 Å². The molecule has 3 rings (SSSR count). The molecule has 4 unspecified atom stereocenters. The summed E-state index contributed by atoms with van der Waals surface area (Å²) >= 11 is 0. The zero-order valence-electron chi connectivity index (χ0n) is 18.6. The van der Waals surface area contributed by atoms with E-state index in [2.05, 4.69) is 13.0 Å². The Morgan fingerprint density at radius 3 is 2.67 bits per heavy atom. The lowest BCUT2D eigenvalue weighted by Gasteiger charge is -2.45. The molecule has 2 heterocycles. The molecule has 2 aliphatic heterocycles. The molecule has 1 spiro atoms. The molecule has 0 aromatic rings. The van der Waals surface area contributed by atoms with Gasteiger partial charge in [0.05, 0.1) is 24.4 Å². The van der Waals surface area contributed by atoms with Gasteiger partial charge in [-0.3, -0.25) is 4.79 Å². The maximum atomic E-state index is 12.1. The fourth-order valence-electron chi connectivity index (χ4n) is 4.35. The molecule has 0 radical (unpaired) electrons. The van der Waals surface area contributed by atoms with Crippen LogP contribution < -0.4 is 0 Å². The Bertz CT molecular complexity index is 836. The van der Waals surface area contributed by atoms with Crippen molar-refractivity contribution in [3.8, 4) is 0 Å². The smallest absolute Gasteiger partial charge is 0.209 e. The van der Waals surface area contributed by atoms with E-state index in [1.165, 1.54) is 0 Å². The highest BCUT2D eigenvalue weighted by molar-refractivity contribution is 5.96. The summed E-state index contributed by atoms with van der Waals surface area (Å²) in [5, 5.41) is 19.8. The van der Waals surface area contributed by atoms with Gasteiger partial charge in [-0.15, -0.1) is 0 Å². The van der Waals surface area contributed by atoms with Gasteiger partial charge in [0, 0.05) is 12.3 Å². The molecule has 164 valence electrons. The molecule has 0 bridgehead atoms. The van der Waals surface area contributed by atoms with E-state index < -0.39 is 11.4 Å². The molecule has 4 atom stereocenters. The standard InChI is InChI=1S/C25H34O5/c1-16(7-6-8-24(4,5)28)9-20-10-17(2)13-25(29-20)14-19(15-26)21-12-22(27)18(3)11-23(21)30-25/h6,8-9,11,13-14,20-21,23,26,28H,7,10,12,15H2,1-5H3. The van der Waals surface area contributed by atoms with E-state index in [0.717, 1.165) is 29.6 Å². The zero-order chi connectivity index (χ0) is 22.1. The van der Waals surface area contributed by atoms with Gasteiger partial charge in [-0.1, -0.05) is 29.4 Å². The maximum absolute atomic E-state index is 12.1. The number of Topliss-reactive ketones (excluding diaryl/α,β-unsaturated/α-hetero) is 1. The van der Waals surface area contributed by atoms with Crippen LogP contribution in [0.15, 0.2) is 58.7 Å². The molecule has 0 fully saturated rings. The van der Waals surface area contributed by atoms with Crippen LogP contribution in [0.3, 0.4) is 0 Å². The van der Waals surface area contributed by atoms with Gasteiger partial charge in [-0.25, -0.2) is 0 Å². The molecule has 5 heteroatoms. The van der Waals surface area contributed by atoms with E-state index >= 15 is 0 Å². The van der Waals surface area contributed by atoms with Crippen LogP contribution >= 0.6 is 0 Å². The number of aliphatic hydroxyl groups excluding tert-OH is 1. The topological polar surface area (TPSA) is 76.0 Å². The molecule has 0 aromatic heterocycles. The van der Waals surface area contributed by atoms with Gasteiger partial charge in [-0.2, -0.15) is 0 Å². The fraction of sp³-hybridized carbons (Fsp3) is 0.560. The quantitative estimate of drug-likeness (QED) is 0.667. The van der Waals surface area contributed by atoms with E-state index in [1.807, 2.05) is 38.2 Å². The number of ketones is 1. The largest absolute Gasteiger partial charge is 0.392 e. The number of rotatable bonds is 5. The highest BCUT2D eigenvalue weighted by atomic mass is 16.7. The predicted octanol–water partition coefficient (Wildman–Crippen LogP) is 3.93. The van der Waals surface area contributed by atoms with Crippen LogP contribution in [0, 0.1) is 5.92 Å². The Morgan fingerprint density at radius 2 is 2.00 bits per heavy atom. The first-order valence-electron chi connectivity index (χ1n) is 10.7. The van der Waals surface area contributed by atoms with Crippen LogP contribution in [0.5, 0.6) is 0 Å². The lowest BCUT2D eigenvalue weighted by Crippen LogP contribution is -2.49. The van der Waals surface area contributed by atoms with Crippen LogP contribution in [0.4, 0.5) is 0 Å². The normalized spacial score (nSPS) is 32.8. The summed E-state index contributed by atoms with van der Waals surface area (Å²) in [6.07, 6.45) is 12.9. The Morgan fingerprint density at radius 1 is 1.27 bits per heavy atom. The van der Waals surface area contributed by atoms with Crippen molar-refractivity contribution in [2.24, 2.45) is 5.92 Å². The minimum Gasteiger partial charge on any atom is -0.392 e. The van der Waals surface area contributed by atoms with Crippen molar-refractivity contribution in [2.45, 2.75) is 77.5 Å². The molecule has 0 amide bonds. The summed E-state index contributed by atoms with van der Waals surface area (Å²) in [6.45, 7) is 9.29. The van der Waals surface area contributed by atoms with Gasteiger partial charge >= 0.3 is 0 Å². The minimum atomic E-state index is -1.04. The molecule has 2 N–H and O–H groups in total. The van der Waals surface area contributed by atoms with E-state index in [0.29, 0.717) is 12.0 Å². The zero-order valence-corrected chi connectivity index (χ0v) is 18.6.